The monoisotopic (exact) mass is 353 g/mol. The molecule has 3 nitrogen and oxygen atoms in total. The molecule has 25 heavy (non-hydrogen) atoms. The molecule has 0 aliphatic heterocycles. The largest absolute Gasteiger partial charge is 0.209 e. The van der Waals surface area contributed by atoms with E-state index in [1.165, 1.54) is 11.8 Å². The van der Waals surface area contributed by atoms with E-state index in [9.17, 15) is 0 Å². The van der Waals surface area contributed by atoms with E-state index in [1.807, 2.05) is 49.6 Å². The van der Waals surface area contributed by atoms with Crippen molar-refractivity contribution in [1.29, 1.82) is 0 Å². The van der Waals surface area contributed by atoms with Crippen molar-refractivity contribution in [3.8, 4) is 5.69 Å². The first-order chi connectivity index (χ1) is 12.1. The van der Waals surface area contributed by atoms with E-state index in [0.29, 0.717) is 11.3 Å². The van der Waals surface area contributed by atoms with E-state index in [1.54, 1.807) is 10.7 Å². The van der Waals surface area contributed by atoms with Gasteiger partial charge in [-0.15, -0.1) is 23.4 Å². The number of hydrogen-bond acceptors (Lipinski definition) is 3. The van der Waals surface area contributed by atoms with Crippen LogP contribution in [-0.2, 0) is 0 Å². The maximum Gasteiger partial charge on any atom is 0.157 e. The van der Waals surface area contributed by atoms with E-state index in [2.05, 4.69) is 23.5 Å². The molecule has 1 aromatic heterocycles. The minimum atomic E-state index is -0.316. The lowest BCUT2D eigenvalue weighted by molar-refractivity contribution is 0.596. The molecule has 0 bridgehead atoms. The fraction of sp³-hybridized carbons (Fsp3) is 0.200. The fourth-order valence-corrected chi connectivity index (χ4v) is 3.42. The van der Waals surface area contributed by atoms with Crippen molar-refractivity contribution in [1.82, 2.24) is 15.0 Å². The van der Waals surface area contributed by atoms with E-state index in [0.717, 1.165) is 27.9 Å². The van der Waals surface area contributed by atoms with Crippen LogP contribution in [0.5, 0.6) is 0 Å². The quantitative estimate of drug-likeness (QED) is 0.433. The van der Waals surface area contributed by atoms with Gasteiger partial charge in [-0.3, -0.25) is 0 Å². The van der Waals surface area contributed by atoms with E-state index < -0.39 is 0 Å². The molecule has 5 heteroatoms. The fourth-order valence-electron chi connectivity index (χ4n) is 2.85. The van der Waals surface area contributed by atoms with Gasteiger partial charge in [0, 0.05) is 10.5 Å². The number of fused-ring (bicyclic) bond motifs is 1. The number of para-hydroxylation sites is 1. The summed E-state index contributed by atoms with van der Waals surface area (Å²) in [4.78, 5) is 0.807. The summed E-state index contributed by atoms with van der Waals surface area (Å²) >= 11 is 1.48. The van der Waals surface area contributed by atoms with Gasteiger partial charge in [0.15, 0.2) is 5.82 Å². The Bertz CT molecular complexity index is 945. The Hall–Kier alpha value is -2.40. The highest BCUT2D eigenvalue weighted by Crippen LogP contribution is 2.35. The van der Waals surface area contributed by atoms with Crippen LogP contribution in [0.2, 0.25) is 0 Å². The summed E-state index contributed by atoms with van der Waals surface area (Å²) in [7, 11) is 0. The van der Waals surface area contributed by atoms with Crippen molar-refractivity contribution < 1.29 is 4.39 Å². The number of nitrogens with zero attached hydrogens (tertiary/aromatic N) is 3. The summed E-state index contributed by atoms with van der Waals surface area (Å²) in [5.74, 6) is -0.198. The molecule has 0 fully saturated rings. The number of halogens is 1. The summed E-state index contributed by atoms with van der Waals surface area (Å²) in [6.45, 7) is 9.89. The third-order valence-corrected chi connectivity index (χ3v) is 5.09. The lowest BCUT2D eigenvalue weighted by Gasteiger charge is -2.17. The Balaban J connectivity index is 2.20. The second-order valence-electron chi connectivity index (χ2n) is 5.92. The van der Waals surface area contributed by atoms with Gasteiger partial charge in [-0.1, -0.05) is 43.0 Å². The second-order valence-corrected chi connectivity index (χ2v) is 6.77. The molecule has 0 aliphatic carbocycles. The first kappa shape index (κ1) is 17.4. The van der Waals surface area contributed by atoms with Crippen molar-refractivity contribution in [2.45, 2.75) is 18.2 Å². The predicted molar refractivity (Wildman–Crippen MR) is 104 cm³/mol. The van der Waals surface area contributed by atoms with Gasteiger partial charge >= 0.3 is 0 Å². The molecule has 0 radical (unpaired) electrons. The molecule has 3 rings (SSSR count). The van der Waals surface area contributed by atoms with Crippen LogP contribution < -0.4 is 0 Å². The van der Waals surface area contributed by atoms with Crippen LogP contribution in [0.4, 0.5) is 4.39 Å². The van der Waals surface area contributed by atoms with Crippen LogP contribution >= 0.6 is 11.8 Å². The second kappa shape index (κ2) is 7.23. The Labute approximate surface area is 151 Å². The van der Waals surface area contributed by atoms with Gasteiger partial charge in [-0.2, -0.15) is 0 Å². The third-order valence-electron chi connectivity index (χ3n) is 4.32. The van der Waals surface area contributed by atoms with Crippen LogP contribution in [0.15, 0.2) is 60.5 Å². The van der Waals surface area contributed by atoms with Crippen LogP contribution in [0.1, 0.15) is 18.9 Å². The number of hydrogen-bond donors (Lipinski definition) is 0. The lowest BCUT2D eigenvalue weighted by Crippen LogP contribution is -2.07. The van der Waals surface area contributed by atoms with Gasteiger partial charge in [0.1, 0.15) is 11.2 Å². The first-order valence-electron chi connectivity index (χ1n) is 8.05. The minimum Gasteiger partial charge on any atom is -0.209 e. The van der Waals surface area contributed by atoms with Crippen molar-refractivity contribution >= 4 is 28.4 Å². The number of benzene rings is 2. The van der Waals surface area contributed by atoms with Gasteiger partial charge in [-0.25, -0.2) is 9.07 Å². The molecule has 0 saturated heterocycles. The number of allylic oxidation sites excluding steroid dienone is 2. The van der Waals surface area contributed by atoms with Crippen molar-refractivity contribution in [2.24, 2.45) is 5.92 Å². The molecule has 0 N–H and O–H groups in total. The normalized spacial score (nSPS) is 12.3. The Morgan fingerprint density at radius 1 is 1.32 bits per heavy atom. The summed E-state index contributed by atoms with van der Waals surface area (Å²) in [6.07, 6.45) is 4.51. The molecular weight excluding hydrogens is 333 g/mol. The summed E-state index contributed by atoms with van der Waals surface area (Å²) < 4.78 is 17.0. The molecule has 0 saturated carbocycles. The van der Waals surface area contributed by atoms with E-state index in [4.69, 9.17) is 0 Å². The number of thioether (sulfide) groups is 1. The van der Waals surface area contributed by atoms with E-state index >= 15 is 4.39 Å². The van der Waals surface area contributed by atoms with Crippen LogP contribution in [-0.4, -0.2) is 21.2 Å². The van der Waals surface area contributed by atoms with Gasteiger partial charge in [0.05, 0.1) is 5.52 Å². The Morgan fingerprint density at radius 3 is 2.80 bits per heavy atom. The number of rotatable bonds is 6. The van der Waals surface area contributed by atoms with Gasteiger partial charge in [-0.05, 0) is 42.4 Å². The maximum absolute atomic E-state index is 15.5. The van der Waals surface area contributed by atoms with Gasteiger partial charge < -0.3 is 0 Å². The smallest absolute Gasteiger partial charge is 0.157 e. The zero-order valence-electron chi connectivity index (χ0n) is 14.4. The molecule has 1 heterocycles. The zero-order valence-corrected chi connectivity index (χ0v) is 15.2. The average molecular weight is 353 g/mol. The van der Waals surface area contributed by atoms with Crippen LogP contribution in [0.25, 0.3) is 22.3 Å². The van der Waals surface area contributed by atoms with E-state index in [-0.39, 0.29) is 11.7 Å². The van der Waals surface area contributed by atoms with Crippen LogP contribution in [0.3, 0.4) is 0 Å². The topological polar surface area (TPSA) is 30.7 Å². The lowest BCUT2D eigenvalue weighted by atomic mass is 9.92. The molecule has 2 aromatic carbocycles. The zero-order chi connectivity index (χ0) is 18.0. The molecule has 1 atom stereocenters. The molecule has 3 aromatic rings. The van der Waals surface area contributed by atoms with Crippen molar-refractivity contribution in [3.63, 3.8) is 0 Å². The highest BCUT2D eigenvalue weighted by Gasteiger charge is 2.21. The van der Waals surface area contributed by atoms with Crippen molar-refractivity contribution in [2.75, 3.05) is 6.26 Å². The average Bonchev–Trinajstić information content (AvgIpc) is 3.04. The first-order valence-corrected chi connectivity index (χ1v) is 9.28. The summed E-state index contributed by atoms with van der Waals surface area (Å²) in [5.41, 5.74) is 3.21. The Morgan fingerprint density at radius 2 is 2.08 bits per heavy atom. The summed E-state index contributed by atoms with van der Waals surface area (Å²) in [6, 6.07) is 11.3. The standard InChI is InChI=1S/C20H20FN3S/c1-5-8-13(2)14(3)15-11-12-18(25-4)20(19(15)21)24-17-10-7-6-9-16(17)22-23-24/h5-7,9-13H,1,3,8H2,2,4H3. The van der Waals surface area contributed by atoms with Crippen LogP contribution in [0, 0.1) is 11.7 Å². The molecule has 128 valence electrons. The molecule has 1 unspecified atom stereocenters. The highest BCUT2D eigenvalue weighted by molar-refractivity contribution is 7.98. The van der Waals surface area contributed by atoms with Gasteiger partial charge in [0.25, 0.3) is 0 Å². The third kappa shape index (κ3) is 3.12. The molecular formula is C20H20FN3S. The molecule has 0 amide bonds. The van der Waals surface area contributed by atoms with Gasteiger partial charge in [0.2, 0.25) is 0 Å². The summed E-state index contributed by atoms with van der Waals surface area (Å²) in [5, 5.41) is 8.34. The maximum atomic E-state index is 15.5. The van der Waals surface area contributed by atoms with Crippen molar-refractivity contribution in [3.05, 3.63) is 67.0 Å². The predicted octanol–water partition coefficient (Wildman–Crippen LogP) is 5.51. The Kier molecular flexibility index (Phi) is 5.04. The molecule has 0 aliphatic rings. The molecule has 0 spiro atoms. The highest BCUT2D eigenvalue weighted by atomic mass is 32.2. The number of aromatic nitrogens is 3. The minimum absolute atomic E-state index is 0.118. The SMILES string of the molecule is C=CCC(C)C(=C)c1ccc(SC)c(-n2nnc3ccccc32)c1F.